The molecule has 0 heterocycles. The van der Waals surface area contributed by atoms with Crippen molar-refractivity contribution >= 4 is 17.7 Å². The summed E-state index contributed by atoms with van der Waals surface area (Å²) in [5, 5.41) is 0.106. The van der Waals surface area contributed by atoms with Gasteiger partial charge in [0.1, 0.15) is 5.54 Å². The quantitative estimate of drug-likeness (QED) is 0.868. The predicted octanol–water partition coefficient (Wildman–Crippen LogP) is 2.48. The molecule has 2 atom stereocenters. The average Bonchev–Trinajstić information content (AvgIpc) is 2.76. The Morgan fingerprint density at radius 2 is 2.21 bits per heavy atom. The minimum absolute atomic E-state index is 0.106. The maximum absolute atomic E-state index is 13.1. The van der Waals surface area contributed by atoms with E-state index in [-0.39, 0.29) is 5.25 Å². The van der Waals surface area contributed by atoms with Crippen molar-refractivity contribution in [2.45, 2.75) is 34.9 Å². The molecule has 1 fully saturated rings. The molecule has 1 aromatic carbocycles. The Balaban J connectivity index is 2.02. The summed E-state index contributed by atoms with van der Waals surface area (Å²) in [6.45, 7) is 0. The molecule has 19 heavy (non-hydrogen) atoms. The number of halogens is 2. The van der Waals surface area contributed by atoms with Crippen LogP contribution in [-0.2, 0) is 9.53 Å². The van der Waals surface area contributed by atoms with Gasteiger partial charge in [-0.1, -0.05) is 0 Å². The molecule has 104 valence electrons. The van der Waals surface area contributed by atoms with Crippen LogP contribution in [0.5, 0.6) is 0 Å². The Morgan fingerprint density at radius 1 is 1.47 bits per heavy atom. The van der Waals surface area contributed by atoms with Crippen LogP contribution in [0.4, 0.5) is 8.78 Å². The molecule has 0 spiro atoms. The van der Waals surface area contributed by atoms with Gasteiger partial charge in [0.05, 0.1) is 7.11 Å². The molecule has 2 rings (SSSR count). The Kier molecular flexibility index (Phi) is 4.10. The normalized spacial score (nSPS) is 26.4. The first-order chi connectivity index (χ1) is 8.94. The zero-order chi connectivity index (χ0) is 14.0. The maximum Gasteiger partial charge on any atom is 0.325 e. The molecule has 6 heteroatoms. The monoisotopic (exact) mass is 287 g/mol. The van der Waals surface area contributed by atoms with Gasteiger partial charge in [0.2, 0.25) is 0 Å². The highest BCUT2D eigenvalue weighted by Gasteiger charge is 2.43. The minimum atomic E-state index is -0.953. The zero-order valence-corrected chi connectivity index (χ0v) is 11.3. The second-order valence-corrected chi connectivity index (χ2v) is 6.08. The Hall–Kier alpha value is -1.14. The maximum atomic E-state index is 13.1. The van der Waals surface area contributed by atoms with Crippen LogP contribution in [0.2, 0.25) is 0 Å². The van der Waals surface area contributed by atoms with Gasteiger partial charge in [-0.25, -0.2) is 8.78 Å². The number of thioether (sulfide) groups is 1. The fourth-order valence-corrected chi connectivity index (χ4v) is 3.58. The van der Waals surface area contributed by atoms with Crippen molar-refractivity contribution < 1.29 is 18.3 Å². The number of hydrogen-bond acceptors (Lipinski definition) is 4. The zero-order valence-electron chi connectivity index (χ0n) is 10.5. The standard InChI is InChI=1S/C13H15F2NO2S/c1-18-12(17)13(16)5-4-9(7-13)19-8-2-3-10(14)11(15)6-8/h2-3,6,9H,4-5,7,16H2,1H3. The van der Waals surface area contributed by atoms with Gasteiger partial charge < -0.3 is 10.5 Å². The highest BCUT2D eigenvalue weighted by molar-refractivity contribution is 8.00. The highest BCUT2D eigenvalue weighted by atomic mass is 32.2. The first-order valence-electron chi connectivity index (χ1n) is 5.93. The van der Waals surface area contributed by atoms with E-state index in [0.717, 1.165) is 18.6 Å². The van der Waals surface area contributed by atoms with Crippen LogP contribution < -0.4 is 5.73 Å². The van der Waals surface area contributed by atoms with E-state index in [1.165, 1.54) is 24.9 Å². The van der Waals surface area contributed by atoms with Crippen molar-refractivity contribution in [2.24, 2.45) is 5.73 Å². The molecule has 0 aliphatic heterocycles. The molecular weight excluding hydrogens is 272 g/mol. The number of nitrogens with two attached hydrogens (primary N) is 1. The molecule has 1 aromatic rings. The van der Waals surface area contributed by atoms with Gasteiger partial charge in [-0.05, 0) is 37.5 Å². The summed E-state index contributed by atoms with van der Waals surface area (Å²) in [6, 6.07) is 3.79. The van der Waals surface area contributed by atoms with E-state index < -0.39 is 23.1 Å². The van der Waals surface area contributed by atoms with Crippen molar-refractivity contribution in [3.8, 4) is 0 Å². The van der Waals surface area contributed by atoms with E-state index in [1.807, 2.05) is 0 Å². The molecule has 2 N–H and O–H groups in total. The predicted molar refractivity (Wildman–Crippen MR) is 68.8 cm³/mol. The fraction of sp³-hybridized carbons (Fsp3) is 0.462. The molecule has 0 radical (unpaired) electrons. The third kappa shape index (κ3) is 3.06. The van der Waals surface area contributed by atoms with Gasteiger partial charge in [0.15, 0.2) is 11.6 Å². The van der Waals surface area contributed by atoms with E-state index >= 15 is 0 Å². The lowest BCUT2D eigenvalue weighted by molar-refractivity contribution is -0.146. The minimum Gasteiger partial charge on any atom is -0.468 e. The largest absolute Gasteiger partial charge is 0.468 e. The van der Waals surface area contributed by atoms with E-state index in [1.54, 1.807) is 0 Å². The van der Waals surface area contributed by atoms with Crippen molar-refractivity contribution in [1.29, 1.82) is 0 Å². The van der Waals surface area contributed by atoms with Crippen LogP contribution in [0.15, 0.2) is 23.1 Å². The van der Waals surface area contributed by atoms with Gasteiger partial charge in [-0.2, -0.15) is 0 Å². The van der Waals surface area contributed by atoms with E-state index in [2.05, 4.69) is 4.74 Å². The lowest BCUT2D eigenvalue weighted by Gasteiger charge is -2.20. The van der Waals surface area contributed by atoms with Crippen molar-refractivity contribution in [1.82, 2.24) is 0 Å². The molecule has 0 bridgehead atoms. The third-order valence-corrected chi connectivity index (χ3v) is 4.55. The fourth-order valence-electron chi connectivity index (χ4n) is 2.26. The SMILES string of the molecule is COC(=O)C1(N)CCC(Sc2ccc(F)c(F)c2)C1. The van der Waals surface area contributed by atoms with E-state index in [4.69, 9.17) is 5.73 Å². The highest BCUT2D eigenvalue weighted by Crippen LogP contribution is 2.39. The van der Waals surface area contributed by atoms with E-state index in [9.17, 15) is 13.6 Å². The first-order valence-corrected chi connectivity index (χ1v) is 6.81. The van der Waals surface area contributed by atoms with Crippen molar-refractivity contribution in [2.75, 3.05) is 7.11 Å². The Bertz CT molecular complexity index is 498. The number of carbonyl (C=O) groups excluding carboxylic acids is 1. The van der Waals surface area contributed by atoms with Crippen LogP contribution >= 0.6 is 11.8 Å². The van der Waals surface area contributed by atoms with Crippen LogP contribution in [0.3, 0.4) is 0 Å². The summed E-state index contributed by atoms with van der Waals surface area (Å²) in [7, 11) is 1.31. The Morgan fingerprint density at radius 3 is 2.84 bits per heavy atom. The summed E-state index contributed by atoms with van der Waals surface area (Å²) >= 11 is 1.41. The summed E-state index contributed by atoms with van der Waals surface area (Å²) in [4.78, 5) is 12.2. The van der Waals surface area contributed by atoms with Crippen LogP contribution in [-0.4, -0.2) is 23.9 Å². The number of carbonyl (C=O) groups is 1. The summed E-state index contributed by atoms with van der Waals surface area (Å²) < 4.78 is 30.6. The van der Waals surface area contributed by atoms with Crippen LogP contribution in [0, 0.1) is 11.6 Å². The molecule has 0 saturated heterocycles. The summed E-state index contributed by atoms with van der Waals surface area (Å²) in [6.07, 6.45) is 1.76. The topological polar surface area (TPSA) is 52.3 Å². The van der Waals surface area contributed by atoms with Gasteiger partial charge in [-0.15, -0.1) is 11.8 Å². The summed E-state index contributed by atoms with van der Waals surface area (Å²) in [5.74, 6) is -2.14. The molecule has 3 nitrogen and oxygen atoms in total. The van der Waals surface area contributed by atoms with Gasteiger partial charge in [-0.3, -0.25) is 4.79 Å². The van der Waals surface area contributed by atoms with Gasteiger partial charge in [0, 0.05) is 10.1 Å². The molecule has 1 aliphatic carbocycles. The van der Waals surface area contributed by atoms with E-state index in [0.29, 0.717) is 17.7 Å². The lowest BCUT2D eigenvalue weighted by atomic mass is 10.00. The average molecular weight is 287 g/mol. The number of hydrogen-bond donors (Lipinski definition) is 1. The second kappa shape index (κ2) is 5.46. The number of rotatable bonds is 3. The Labute approximate surface area is 114 Å². The second-order valence-electron chi connectivity index (χ2n) is 4.71. The first kappa shape index (κ1) is 14.3. The number of ether oxygens (including phenoxy) is 1. The molecular formula is C13H15F2NO2S. The van der Waals surface area contributed by atoms with Gasteiger partial charge >= 0.3 is 5.97 Å². The van der Waals surface area contributed by atoms with Crippen molar-refractivity contribution in [3.05, 3.63) is 29.8 Å². The van der Waals surface area contributed by atoms with Crippen LogP contribution in [0.25, 0.3) is 0 Å². The molecule has 2 unspecified atom stereocenters. The van der Waals surface area contributed by atoms with Crippen molar-refractivity contribution in [3.63, 3.8) is 0 Å². The van der Waals surface area contributed by atoms with Gasteiger partial charge in [0.25, 0.3) is 0 Å². The number of benzene rings is 1. The van der Waals surface area contributed by atoms with Crippen LogP contribution in [0.1, 0.15) is 19.3 Å². The third-order valence-electron chi connectivity index (χ3n) is 3.29. The molecule has 1 saturated carbocycles. The smallest absolute Gasteiger partial charge is 0.325 e. The molecule has 0 aromatic heterocycles. The number of methoxy groups -OCH3 is 1. The number of esters is 1. The summed E-state index contributed by atoms with van der Waals surface area (Å²) in [5.41, 5.74) is 5.04. The molecule has 0 amide bonds. The lowest BCUT2D eigenvalue weighted by Crippen LogP contribution is -2.46. The molecule has 1 aliphatic rings.